The van der Waals surface area contributed by atoms with Crippen LogP contribution in [0.5, 0.6) is 0 Å². The summed E-state index contributed by atoms with van der Waals surface area (Å²) in [6, 6.07) is 9.58. The summed E-state index contributed by atoms with van der Waals surface area (Å²) in [6.45, 7) is 4.30. The fraction of sp³-hybridized carbons (Fsp3) is 0.500. The standard InChI is InChI=1S/C14H18O4/c1-14(2)9-17-13(10-7-5-4-6-8-10)18-11(14)12(15)16-3/h4-8,11,13H,9H2,1-3H3. The Morgan fingerprint density at radius 2 is 2.00 bits per heavy atom. The Labute approximate surface area is 107 Å². The summed E-state index contributed by atoms with van der Waals surface area (Å²) in [7, 11) is 1.37. The van der Waals surface area contributed by atoms with Crippen LogP contribution in [0.1, 0.15) is 25.7 Å². The molecule has 1 aromatic carbocycles. The maximum Gasteiger partial charge on any atom is 0.335 e. The van der Waals surface area contributed by atoms with Crippen molar-refractivity contribution in [3.05, 3.63) is 35.9 Å². The first-order chi connectivity index (χ1) is 8.54. The molecule has 0 aliphatic carbocycles. The Balaban J connectivity index is 2.17. The van der Waals surface area contributed by atoms with Gasteiger partial charge in [-0.05, 0) is 0 Å². The van der Waals surface area contributed by atoms with Gasteiger partial charge in [0.25, 0.3) is 0 Å². The molecule has 0 aromatic heterocycles. The zero-order valence-electron chi connectivity index (χ0n) is 10.9. The summed E-state index contributed by atoms with van der Waals surface area (Å²) in [4.78, 5) is 11.8. The van der Waals surface area contributed by atoms with Gasteiger partial charge in [0, 0.05) is 11.0 Å². The van der Waals surface area contributed by atoms with Crippen LogP contribution in [0.15, 0.2) is 30.3 Å². The summed E-state index contributed by atoms with van der Waals surface area (Å²) in [5, 5.41) is 0. The lowest BCUT2D eigenvalue weighted by atomic mass is 9.86. The predicted octanol–water partition coefficient (Wildman–Crippen LogP) is 2.30. The van der Waals surface area contributed by atoms with Crippen molar-refractivity contribution in [3.63, 3.8) is 0 Å². The third kappa shape index (κ3) is 2.54. The normalized spacial score (nSPS) is 26.6. The second-order valence-electron chi connectivity index (χ2n) is 5.08. The van der Waals surface area contributed by atoms with E-state index in [0.717, 1.165) is 5.56 Å². The van der Waals surface area contributed by atoms with E-state index >= 15 is 0 Å². The number of rotatable bonds is 2. The molecule has 1 fully saturated rings. The third-order valence-corrected chi connectivity index (χ3v) is 3.06. The number of esters is 1. The summed E-state index contributed by atoms with van der Waals surface area (Å²) in [6.07, 6.45) is -1.12. The van der Waals surface area contributed by atoms with Crippen molar-refractivity contribution < 1.29 is 19.0 Å². The number of benzene rings is 1. The third-order valence-electron chi connectivity index (χ3n) is 3.06. The molecule has 4 nitrogen and oxygen atoms in total. The molecule has 0 bridgehead atoms. The monoisotopic (exact) mass is 250 g/mol. The van der Waals surface area contributed by atoms with Crippen molar-refractivity contribution >= 4 is 5.97 Å². The fourth-order valence-electron chi connectivity index (χ4n) is 1.98. The molecule has 0 saturated carbocycles. The van der Waals surface area contributed by atoms with Crippen LogP contribution >= 0.6 is 0 Å². The molecule has 0 radical (unpaired) electrons. The second kappa shape index (κ2) is 5.08. The van der Waals surface area contributed by atoms with Crippen LogP contribution in [0.2, 0.25) is 0 Å². The number of ether oxygens (including phenoxy) is 3. The molecule has 2 rings (SSSR count). The van der Waals surface area contributed by atoms with Crippen LogP contribution in [-0.2, 0) is 19.0 Å². The zero-order valence-corrected chi connectivity index (χ0v) is 10.9. The molecule has 98 valence electrons. The fourth-order valence-corrected chi connectivity index (χ4v) is 1.98. The SMILES string of the molecule is COC(=O)C1OC(c2ccccc2)OCC1(C)C. The summed E-state index contributed by atoms with van der Waals surface area (Å²) in [5.74, 6) is -0.357. The van der Waals surface area contributed by atoms with Crippen LogP contribution in [0.25, 0.3) is 0 Å². The average molecular weight is 250 g/mol. The quantitative estimate of drug-likeness (QED) is 0.755. The van der Waals surface area contributed by atoms with E-state index in [4.69, 9.17) is 14.2 Å². The van der Waals surface area contributed by atoms with Crippen LogP contribution in [0.3, 0.4) is 0 Å². The molecule has 4 heteroatoms. The van der Waals surface area contributed by atoms with Gasteiger partial charge in [-0.3, -0.25) is 0 Å². The van der Waals surface area contributed by atoms with Crippen molar-refractivity contribution in [2.24, 2.45) is 5.41 Å². The molecule has 1 aromatic rings. The Morgan fingerprint density at radius 3 is 2.61 bits per heavy atom. The molecular weight excluding hydrogens is 232 g/mol. The van der Waals surface area contributed by atoms with Gasteiger partial charge in [0.2, 0.25) is 0 Å². The lowest BCUT2D eigenvalue weighted by Gasteiger charge is -2.40. The van der Waals surface area contributed by atoms with Gasteiger partial charge in [-0.15, -0.1) is 0 Å². The van der Waals surface area contributed by atoms with Gasteiger partial charge in [-0.2, -0.15) is 0 Å². The maximum absolute atomic E-state index is 11.8. The first-order valence-electron chi connectivity index (χ1n) is 5.94. The molecule has 1 aliphatic rings. The first-order valence-corrected chi connectivity index (χ1v) is 5.94. The Bertz CT molecular complexity index is 413. The second-order valence-corrected chi connectivity index (χ2v) is 5.08. The highest BCUT2D eigenvalue weighted by molar-refractivity contribution is 5.75. The minimum atomic E-state index is -0.610. The van der Waals surface area contributed by atoms with Crippen molar-refractivity contribution in [2.45, 2.75) is 26.2 Å². The van der Waals surface area contributed by atoms with Gasteiger partial charge in [0.15, 0.2) is 12.4 Å². The van der Waals surface area contributed by atoms with Crippen molar-refractivity contribution in [2.75, 3.05) is 13.7 Å². The molecule has 2 unspecified atom stereocenters. The largest absolute Gasteiger partial charge is 0.467 e. The van der Waals surface area contributed by atoms with Gasteiger partial charge >= 0.3 is 5.97 Å². The summed E-state index contributed by atoms with van der Waals surface area (Å²) in [5.41, 5.74) is 0.514. The molecule has 2 atom stereocenters. The predicted molar refractivity (Wildman–Crippen MR) is 65.8 cm³/mol. The lowest BCUT2D eigenvalue weighted by Crippen LogP contribution is -2.47. The van der Waals surface area contributed by atoms with Crippen LogP contribution in [-0.4, -0.2) is 25.8 Å². The van der Waals surface area contributed by atoms with Gasteiger partial charge in [0.05, 0.1) is 13.7 Å². The van der Waals surface area contributed by atoms with E-state index in [9.17, 15) is 4.79 Å². The van der Waals surface area contributed by atoms with Gasteiger partial charge in [0.1, 0.15) is 0 Å². The van der Waals surface area contributed by atoms with Gasteiger partial charge in [-0.1, -0.05) is 44.2 Å². The van der Waals surface area contributed by atoms with Crippen molar-refractivity contribution in [1.82, 2.24) is 0 Å². The van der Waals surface area contributed by atoms with E-state index in [-0.39, 0.29) is 5.97 Å². The van der Waals surface area contributed by atoms with Crippen molar-refractivity contribution in [1.29, 1.82) is 0 Å². The highest BCUT2D eigenvalue weighted by atomic mass is 16.7. The van der Waals surface area contributed by atoms with E-state index < -0.39 is 17.8 Å². The summed E-state index contributed by atoms with van der Waals surface area (Å²) < 4.78 is 16.2. The van der Waals surface area contributed by atoms with E-state index in [0.29, 0.717) is 6.61 Å². The molecule has 0 N–H and O–H groups in total. The van der Waals surface area contributed by atoms with Gasteiger partial charge in [-0.25, -0.2) is 4.79 Å². The molecule has 18 heavy (non-hydrogen) atoms. The Morgan fingerprint density at radius 1 is 1.33 bits per heavy atom. The number of carbonyl (C=O) groups is 1. The maximum atomic E-state index is 11.8. The number of hydrogen-bond donors (Lipinski definition) is 0. The molecule has 0 spiro atoms. The highest BCUT2D eigenvalue weighted by Crippen LogP contribution is 2.36. The Hall–Kier alpha value is -1.39. The molecule has 1 aliphatic heterocycles. The average Bonchev–Trinajstić information content (AvgIpc) is 2.38. The topological polar surface area (TPSA) is 44.8 Å². The zero-order chi connectivity index (χ0) is 13.2. The first kappa shape index (κ1) is 13.1. The molecular formula is C14H18O4. The smallest absolute Gasteiger partial charge is 0.335 e. The summed E-state index contributed by atoms with van der Waals surface area (Å²) >= 11 is 0. The lowest BCUT2D eigenvalue weighted by molar-refractivity contribution is -0.265. The van der Waals surface area contributed by atoms with Crippen LogP contribution < -0.4 is 0 Å². The van der Waals surface area contributed by atoms with Crippen molar-refractivity contribution in [3.8, 4) is 0 Å². The number of methoxy groups -OCH3 is 1. The van der Waals surface area contributed by atoms with Crippen LogP contribution in [0, 0.1) is 5.41 Å². The minimum absolute atomic E-state index is 0.357. The minimum Gasteiger partial charge on any atom is -0.467 e. The number of hydrogen-bond acceptors (Lipinski definition) is 4. The van der Waals surface area contributed by atoms with E-state index in [1.54, 1.807) is 0 Å². The number of carbonyl (C=O) groups excluding carboxylic acids is 1. The molecule has 1 saturated heterocycles. The van der Waals surface area contributed by atoms with Gasteiger partial charge < -0.3 is 14.2 Å². The van der Waals surface area contributed by atoms with E-state index in [1.165, 1.54) is 7.11 Å². The Kier molecular flexibility index (Phi) is 3.68. The molecule has 1 heterocycles. The molecule has 0 amide bonds. The van der Waals surface area contributed by atoms with Crippen LogP contribution in [0.4, 0.5) is 0 Å². The highest BCUT2D eigenvalue weighted by Gasteiger charge is 2.43. The van der Waals surface area contributed by atoms with E-state index in [2.05, 4.69) is 0 Å². The van der Waals surface area contributed by atoms with E-state index in [1.807, 2.05) is 44.2 Å².